The Kier molecular flexibility index (Phi) is 2.36. The van der Waals surface area contributed by atoms with Crippen LogP contribution in [0.15, 0.2) is 16.9 Å². The van der Waals surface area contributed by atoms with Crippen molar-refractivity contribution in [3.63, 3.8) is 0 Å². The number of fused-ring (bicyclic) bond motifs is 1. The molecule has 3 rings (SSSR count). The second-order valence-corrected chi connectivity index (χ2v) is 3.91. The zero-order valence-corrected chi connectivity index (χ0v) is 9.09. The van der Waals surface area contributed by atoms with E-state index in [0.717, 1.165) is 18.5 Å². The van der Waals surface area contributed by atoms with E-state index in [1.807, 2.05) is 0 Å². The van der Waals surface area contributed by atoms with Crippen LogP contribution < -0.4 is 4.90 Å². The summed E-state index contributed by atoms with van der Waals surface area (Å²) < 4.78 is 4.70. The van der Waals surface area contributed by atoms with Gasteiger partial charge in [-0.1, -0.05) is 5.16 Å². The highest BCUT2D eigenvalue weighted by Gasteiger charge is 2.26. The van der Waals surface area contributed by atoms with Gasteiger partial charge < -0.3 is 4.52 Å². The second-order valence-electron chi connectivity index (χ2n) is 3.91. The molecule has 0 fully saturated rings. The molecule has 0 unspecified atom stereocenters. The topological polar surface area (TPSA) is 87.9 Å². The average Bonchev–Trinajstić information content (AvgIpc) is 2.97. The highest BCUT2D eigenvalue weighted by molar-refractivity contribution is 5.94. The average molecular weight is 233 g/mol. The highest BCUT2D eigenvalue weighted by Crippen LogP contribution is 2.22. The Balaban J connectivity index is 1.80. The molecule has 1 amide bonds. The molecule has 7 nitrogen and oxygen atoms in total. The minimum absolute atomic E-state index is 0.0336. The number of H-pyrrole nitrogens is 1. The van der Waals surface area contributed by atoms with E-state index >= 15 is 0 Å². The quantitative estimate of drug-likeness (QED) is 0.806. The largest absolute Gasteiger partial charge is 0.364 e. The number of nitrogens with one attached hydrogen (secondary N) is 1. The molecule has 0 aromatic carbocycles. The van der Waals surface area contributed by atoms with Gasteiger partial charge in [-0.2, -0.15) is 10.3 Å². The third-order valence-electron chi connectivity index (χ3n) is 2.77. The van der Waals surface area contributed by atoms with Gasteiger partial charge in [-0.05, 0) is 12.8 Å². The van der Waals surface area contributed by atoms with Crippen molar-refractivity contribution in [2.75, 3.05) is 11.4 Å². The lowest BCUT2D eigenvalue weighted by Crippen LogP contribution is -2.36. The summed E-state index contributed by atoms with van der Waals surface area (Å²) in [6.45, 7) is 0.677. The van der Waals surface area contributed by atoms with E-state index in [0.29, 0.717) is 18.1 Å². The van der Waals surface area contributed by atoms with Gasteiger partial charge >= 0.3 is 0 Å². The predicted molar refractivity (Wildman–Crippen MR) is 57.3 cm³/mol. The van der Waals surface area contributed by atoms with E-state index in [4.69, 9.17) is 4.52 Å². The molecule has 3 heterocycles. The smallest absolute Gasteiger partial charge is 0.234 e. The first-order valence-corrected chi connectivity index (χ1v) is 5.44. The summed E-state index contributed by atoms with van der Waals surface area (Å²) in [6, 6.07) is 1.69. The Morgan fingerprint density at radius 2 is 2.47 bits per heavy atom. The van der Waals surface area contributed by atoms with Crippen LogP contribution >= 0.6 is 0 Å². The summed E-state index contributed by atoms with van der Waals surface area (Å²) in [5.74, 6) is 0.610. The maximum absolute atomic E-state index is 12.1. The lowest BCUT2D eigenvalue weighted by Gasteiger charge is -2.24. The molecular formula is C10H11N5O2. The number of aromatic nitrogens is 4. The van der Waals surface area contributed by atoms with Crippen molar-refractivity contribution in [3.8, 4) is 0 Å². The van der Waals surface area contributed by atoms with Gasteiger partial charge in [0.25, 0.3) is 0 Å². The Bertz CT molecular complexity index is 519. The SMILES string of the molecule is O=C(Cc1ccon1)N1CCCc2n[nH]nc21. The maximum atomic E-state index is 12.1. The molecule has 88 valence electrons. The van der Waals surface area contributed by atoms with E-state index in [-0.39, 0.29) is 12.3 Å². The van der Waals surface area contributed by atoms with Gasteiger partial charge in [0.1, 0.15) is 12.0 Å². The second kappa shape index (κ2) is 4.00. The lowest BCUT2D eigenvalue weighted by atomic mass is 10.1. The van der Waals surface area contributed by atoms with Gasteiger partial charge in [0.2, 0.25) is 5.91 Å². The van der Waals surface area contributed by atoms with Gasteiger partial charge in [0.15, 0.2) is 5.82 Å². The summed E-state index contributed by atoms with van der Waals surface area (Å²) in [5.41, 5.74) is 1.48. The number of nitrogens with zero attached hydrogens (tertiary/aromatic N) is 4. The fourth-order valence-corrected chi connectivity index (χ4v) is 1.96. The summed E-state index contributed by atoms with van der Waals surface area (Å²) in [6.07, 6.45) is 3.45. The summed E-state index contributed by atoms with van der Waals surface area (Å²) in [4.78, 5) is 13.7. The molecule has 0 saturated carbocycles. The van der Waals surface area contributed by atoms with E-state index in [9.17, 15) is 4.79 Å². The van der Waals surface area contributed by atoms with Crippen LogP contribution in [0.2, 0.25) is 0 Å². The number of carbonyl (C=O) groups excluding carboxylic acids is 1. The molecular weight excluding hydrogens is 222 g/mol. The lowest BCUT2D eigenvalue weighted by molar-refractivity contribution is -0.118. The number of carbonyl (C=O) groups is 1. The molecule has 0 saturated heterocycles. The molecule has 0 atom stereocenters. The van der Waals surface area contributed by atoms with Crippen LogP contribution in [0.4, 0.5) is 5.82 Å². The summed E-state index contributed by atoms with van der Waals surface area (Å²) >= 11 is 0. The number of aryl methyl sites for hydroxylation is 1. The van der Waals surface area contributed by atoms with Crippen LogP contribution in [-0.2, 0) is 17.6 Å². The predicted octanol–water partition coefficient (Wildman–Crippen LogP) is 0.315. The Labute approximate surface area is 96.8 Å². The zero-order chi connectivity index (χ0) is 11.7. The molecule has 2 aromatic rings. The molecule has 7 heteroatoms. The molecule has 0 radical (unpaired) electrons. The third kappa shape index (κ3) is 1.79. The highest BCUT2D eigenvalue weighted by atomic mass is 16.5. The van der Waals surface area contributed by atoms with Gasteiger partial charge in [0.05, 0.1) is 12.1 Å². The number of amides is 1. The first-order valence-electron chi connectivity index (χ1n) is 5.44. The van der Waals surface area contributed by atoms with Gasteiger partial charge in [-0.15, -0.1) is 5.10 Å². The van der Waals surface area contributed by atoms with Crippen molar-refractivity contribution in [2.45, 2.75) is 19.3 Å². The fourth-order valence-electron chi connectivity index (χ4n) is 1.96. The van der Waals surface area contributed by atoms with E-state index < -0.39 is 0 Å². The van der Waals surface area contributed by atoms with E-state index in [1.165, 1.54) is 6.26 Å². The summed E-state index contributed by atoms with van der Waals surface area (Å²) in [5, 5.41) is 14.3. The molecule has 1 aliphatic heterocycles. The number of aromatic amines is 1. The third-order valence-corrected chi connectivity index (χ3v) is 2.77. The molecule has 0 aliphatic carbocycles. The van der Waals surface area contributed by atoms with Crippen LogP contribution in [0.1, 0.15) is 17.8 Å². The minimum atomic E-state index is -0.0336. The van der Waals surface area contributed by atoms with Gasteiger partial charge in [-0.25, -0.2) is 0 Å². The molecule has 17 heavy (non-hydrogen) atoms. The standard InChI is InChI=1S/C10H11N5O2/c16-9(6-7-3-5-17-13-7)15-4-1-2-8-10(15)12-14-11-8/h3,5H,1-2,4,6H2,(H,11,12,14). The molecule has 1 N–H and O–H groups in total. The molecule has 0 bridgehead atoms. The monoisotopic (exact) mass is 233 g/mol. The Hall–Kier alpha value is -2.18. The number of anilines is 1. The van der Waals surface area contributed by atoms with E-state index in [2.05, 4.69) is 20.6 Å². The van der Waals surface area contributed by atoms with Crippen LogP contribution in [0.25, 0.3) is 0 Å². The van der Waals surface area contributed by atoms with Crippen molar-refractivity contribution in [2.24, 2.45) is 0 Å². The Morgan fingerprint density at radius 3 is 3.29 bits per heavy atom. The minimum Gasteiger partial charge on any atom is -0.364 e. The van der Waals surface area contributed by atoms with Crippen molar-refractivity contribution in [1.29, 1.82) is 0 Å². The van der Waals surface area contributed by atoms with Crippen LogP contribution in [0, 0.1) is 0 Å². The van der Waals surface area contributed by atoms with Gasteiger partial charge in [-0.3, -0.25) is 9.69 Å². The first kappa shape index (κ1) is 10.0. The normalized spacial score (nSPS) is 14.7. The first-order chi connectivity index (χ1) is 8.34. The van der Waals surface area contributed by atoms with Crippen molar-refractivity contribution in [3.05, 3.63) is 23.7 Å². The molecule has 0 spiro atoms. The van der Waals surface area contributed by atoms with Crippen molar-refractivity contribution < 1.29 is 9.32 Å². The zero-order valence-electron chi connectivity index (χ0n) is 9.09. The van der Waals surface area contributed by atoms with Crippen LogP contribution in [-0.4, -0.2) is 33.0 Å². The van der Waals surface area contributed by atoms with Gasteiger partial charge in [0, 0.05) is 12.6 Å². The van der Waals surface area contributed by atoms with Crippen LogP contribution in [0.5, 0.6) is 0 Å². The maximum Gasteiger partial charge on any atom is 0.234 e. The molecule has 2 aromatic heterocycles. The number of rotatable bonds is 2. The number of hydrogen-bond donors (Lipinski definition) is 1. The van der Waals surface area contributed by atoms with Crippen molar-refractivity contribution in [1.82, 2.24) is 20.6 Å². The van der Waals surface area contributed by atoms with E-state index in [1.54, 1.807) is 11.0 Å². The van der Waals surface area contributed by atoms with Crippen molar-refractivity contribution >= 4 is 11.7 Å². The molecule has 1 aliphatic rings. The number of hydrogen-bond acceptors (Lipinski definition) is 5. The van der Waals surface area contributed by atoms with Crippen LogP contribution in [0.3, 0.4) is 0 Å². The summed E-state index contributed by atoms with van der Waals surface area (Å²) in [7, 11) is 0. The fraction of sp³-hybridized carbons (Fsp3) is 0.400. The Morgan fingerprint density at radius 1 is 1.53 bits per heavy atom.